The quantitative estimate of drug-likeness (QED) is 0.771. The van der Waals surface area contributed by atoms with Gasteiger partial charge in [-0.15, -0.1) is 0 Å². The summed E-state index contributed by atoms with van der Waals surface area (Å²) >= 11 is 0. The molecule has 1 fully saturated rings. The number of amides is 1. The highest BCUT2D eigenvalue weighted by atomic mass is 32.2. The van der Waals surface area contributed by atoms with Gasteiger partial charge in [-0.2, -0.15) is 4.31 Å². The van der Waals surface area contributed by atoms with E-state index >= 15 is 0 Å². The van der Waals surface area contributed by atoms with E-state index in [-0.39, 0.29) is 17.2 Å². The van der Waals surface area contributed by atoms with Gasteiger partial charge in [-0.05, 0) is 35.9 Å². The lowest BCUT2D eigenvalue weighted by Gasteiger charge is -2.26. The van der Waals surface area contributed by atoms with Gasteiger partial charge in [0.1, 0.15) is 0 Å². The molecule has 3 N–H and O–H groups in total. The number of anilines is 2. The molecule has 2 aromatic rings. The van der Waals surface area contributed by atoms with Crippen LogP contribution in [-0.2, 0) is 26.0 Å². The molecule has 1 heterocycles. The number of sulfonamides is 1. The zero-order valence-electron chi connectivity index (χ0n) is 14.2. The van der Waals surface area contributed by atoms with Crippen LogP contribution in [0, 0.1) is 0 Å². The minimum atomic E-state index is -3.60. The third kappa shape index (κ3) is 4.40. The summed E-state index contributed by atoms with van der Waals surface area (Å²) in [4.78, 5) is 12.4. The van der Waals surface area contributed by atoms with Gasteiger partial charge < -0.3 is 15.8 Å². The van der Waals surface area contributed by atoms with Crippen LogP contribution < -0.4 is 11.1 Å². The van der Waals surface area contributed by atoms with Gasteiger partial charge in [0.25, 0.3) is 0 Å². The Bertz CT molecular complexity index is 876. The fourth-order valence-electron chi connectivity index (χ4n) is 2.70. The van der Waals surface area contributed by atoms with Gasteiger partial charge in [0.05, 0.1) is 24.5 Å². The second-order valence-electron chi connectivity index (χ2n) is 6.01. The van der Waals surface area contributed by atoms with Crippen LogP contribution >= 0.6 is 0 Å². The van der Waals surface area contributed by atoms with Crippen molar-refractivity contribution in [1.82, 2.24) is 4.31 Å². The van der Waals surface area contributed by atoms with Crippen LogP contribution in [0.1, 0.15) is 5.56 Å². The summed E-state index contributed by atoms with van der Waals surface area (Å²) in [6.07, 6.45) is 0.181. The molecule has 0 saturated carbocycles. The number of nitrogens with two attached hydrogens (primary N) is 1. The molecule has 2 aromatic carbocycles. The number of hydrogen-bond acceptors (Lipinski definition) is 5. The Balaban J connectivity index is 1.70. The van der Waals surface area contributed by atoms with E-state index in [1.807, 2.05) is 0 Å². The molecule has 0 bridgehead atoms. The van der Waals surface area contributed by atoms with Gasteiger partial charge in [-0.3, -0.25) is 4.79 Å². The van der Waals surface area contributed by atoms with Crippen molar-refractivity contribution in [3.05, 3.63) is 54.1 Å². The Morgan fingerprint density at radius 1 is 1.12 bits per heavy atom. The Hall–Kier alpha value is -2.42. The van der Waals surface area contributed by atoms with Crippen LogP contribution in [0.25, 0.3) is 0 Å². The highest BCUT2D eigenvalue weighted by Gasteiger charge is 2.26. The van der Waals surface area contributed by atoms with Gasteiger partial charge in [0.2, 0.25) is 15.9 Å². The maximum atomic E-state index is 12.7. The number of nitrogens with one attached hydrogen (secondary N) is 1. The summed E-state index contributed by atoms with van der Waals surface area (Å²) < 4.78 is 32.0. The Morgan fingerprint density at radius 2 is 1.81 bits per heavy atom. The standard InChI is InChI=1S/C18H21N3O4S/c19-15-6-4-14(5-7-15)12-18(22)20-16-2-1-3-17(13-16)26(23,24)21-8-10-25-11-9-21/h1-7,13H,8-12,19H2,(H,20,22). The molecule has 0 radical (unpaired) electrons. The first-order valence-electron chi connectivity index (χ1n) is 8.27. The van der Waals surface area contributed by atoms with Gasteiger partial charge >= 0.3 is 0 Å². The summed E-state index contributed by atoms with van der Waals surface area (Å²) in [5, 5.41) is 2.74. The van der Waals surface area contributed by atoms with Crippen molar-refractivity contribution in [2.75, 3.05) is 37.4 Å². The third-order valence-corrected chi connectivity index (χ3v) is 5.96. The summed E-state index contributed by atoms with van der Waals surface area (Å²) in [6, 6.07) is 13.3. The number of benzene rings is 2. The highest BCUT2D eigenvalue weighted by molar-refractivity contribution is 7.89. The van der Waals surface area contributed by atoms with Crippen LogP contribution in [0.4, 0.5) is 11.4 Å². The van der Waals surface area contributed by atoms with Gasteiger partial charge in [-0.25, -0.2) is 8.42 Å². The Morgan fingerprint density at radius 3 is 2.50 bits per heavy atom. The molecule has 1 saturated heterocycles. The molecule has 7 nitrogen and oxygen atoms in total. The van der Waals surface area contributed by atoms with E-state index in [2.05, 4.69) is 5.32 Å². The maximum absolute atomic E-state index is 12.7. The number of hydrogen-bond donors (Lipinski definition) is 2. The molecule has 26 heavy (non-hydrogen) atoms. The smallest absolute Gasteiger partial charge is 0.243 e. The molecule has 0 spiro atoms. The van der Waals surface area contributed by atoms with E-state index < -0.39 is 10.0 Å². The second kappa shape index (κ2) is 7.86. The summed E-state index contributed by atoms with van der Waals surface area (Å²) in [7, 11) is -3.60. The second-order valence-corrected chi connectivity index (χ2v) is 7.95. The number of nitrogens with zero attached hydrogens (tertiary/aromatic N) is 1. The van der Waals surface area contributed by atoms with Crippen molar-refractivity contribution in [3.63, 3.8) is 0 Å². The van der Waals surface area contributed by atoms with E-state index in [4.69, 9.17) is 10.5 Å². The van der Waals surface area contributed by atoms with Crippen LogP contribution in [0.2, 0.25) is 0 Å². The molecule has 138 valence electrons. The molecular formula is C18H21N3O4S. The van der Waals surface area contributed by atoms with Crippen molar-refractivity contribution in [2.24, 2.45) is 0 Å². The number of ether oxygens (including phenoxy) is 1. The molecule has 0 aromatic heterocycles. The molecule has 1 aliphatic rings. The van der Waals surface area contributed by atoms with Crippen molar-refractivity contribution >= 4 is 27.3 Å². The van der Waals surface area contributed by atoms with Crippen molar-refractivity contribution in [2.45, 2.75) is 11.3 Å². The van der Waals surface area contributed by atoms with E-state index in [1.54, 1.807) is 36.4 Å². The van der Waals surface area contributed by atoms with Crippen LogP contribution in [0.15, 0.2) is 53.4 Å². The molecule has 1 aliphatic heterocycles. The molecule has 0 aliphatic carbocycles. The molecule has 8 heteroatoms. The molecule has 1 amide bonds. The molecule has 3 rings (SSSR count). The predicted octanol–water partition coefficient (Wildman–Crippen LogP) is 1.47. The van der Waals surface area contributed by atoms with Crippen molar-refractivity contribution < 1.29 is 17.9 Å². The fourth-order valence-corrected chi connectivity index (χ4v) is 4.15. The Labute approximate surface area is 152 Å². The van der Waals surface area contributed by atoms with E-state index in [1.165, 1.54) is 16.4 Å². The SMILES string of the molecule is Nc1ccc(CC(=O)Nc2cccc(S(=O)(=O)N3CCOCC3)c2)cc1. The van der Waals surface area contributed by atoms with Crippen LogP contribution in [0.5, 0.6) is 0 Å². The number of rotatable bonds is 5. The fraction of sp³-hybridized carbons (Fsp3) is 0.278. The Kier molecular flexibility index (Phi) is 5.55. The normalized spacial score (nSPS) is 15.5. The summed E-state index contributed by atoms with van der Waals surface area (Å²) in [5.74, 6) is -0.226. The summed E-state index contributed by atoms with van der Waals surface area (Å²) in [5.41, 5.74) is 7.54. The van der Waals surface area contributed by atoms with Crippen LogP contribution in [0.3, 0.4) is 0 Å². The monoisotopic (exact) mass is 375 g/mol. The van der Waals surface area contributed by atoms with Gasteiger partial charge in [0.15, 0.2) is 0 Å². The maximum Gasteiger partial charge on any atom is 0.243 e. The van der Waals surface area contributed by atoms with E-state index in [0.717, 1.165) is 5.56 Å². The number of morpholine rings is 1. The molecule has 0 atom stereocenters. The lowest BCUT2D eigenvalue weighted by molar-refractivity contribution is -0.115. The average Bonchev–Trinajstić information content (AvgIpc) is 2.64. The first kappa shape index (κ1) is 18.4. The van der Waals surface area contributed by atoms with Crippen molar-refractivity contribution in [1.29, 1.82) is 0 Å². The summed E-state index contributed by atoms with van der Waals surface area (Å²) in [6.45, 7) is 1.43. The first-order chi connectivity index (χ1) is 12.4. The first-order valence-corrected chi connectivity index (χ1v) is 9.71. The topological polar surface area (TPSA) is 102 Å². The zero-order chi connectivity index (χ0) is 18.6. The van der Waals surface area contributed by atoms with E-state index in [9.17, 15) is 13.2 Å². The molecular weight excluding hydrogens is 354 g/mol. The number of nitrogen functional groups attached to an aromatic ring is 1. The third-order valence-electron chi connectivity index (χ3n) is 4.07. The minimum absolute atomic E-state index is 0.157. The van der Waals surface area contributed by atoms with E-state index in [0.29, 0.717) is 37.7 Å². The van der Waals surface area contributed by atoms with Crippen LogP contribution in [-0.4, -0.2) is 44.9 Å². The average molecular weight is 375 g/mol. The lowest BCUT2D eigenvalue weighted by Crippen LogP contribution is -2.40. The predicted molar refractivity (Wildman–Crippen MR) is 99.2 cm³/mol. The lowest BCUT2D eigenvalue weighted by atomic mass is 10.1. The number of carbonyl (C=O) groups excluding carboxylic acids is 1. The molecule has 0 unspecified atom stereocenters. The minimum Gasteiger partial charge on any atom is -0.399 e. The number of carbonyl (C=O) groups is 1. The zero-order valence-corrected chi connectivity index (χ0v) is 15.0. The van der Waals surface area contributed by atoms with Crippen molar-refractivity contribution in [3.8, 4) is 0 Å². The van der Waals surface area contributed by atoms with Gasteiger partial charge in [0, 0.05) is 24.5 Å². The highest BCUT2D eigenvalue weighted by Crippen LogP contribution is 2.20. The van der Waals surface area contributed by atoms with Gasteiger partial charge in [-0.1, -0.05) is 18.2 Å². The largest absolute Gasteiger partial charge is 0.399 e.